The number of hydrogen-bond donors (Lipinski definition) is 0. The molecule has 1 heterocycles. The van der Waals surface area contributed by atoms with Gasteiger partial charge < -0.3 is 9.64 Å². The first-order chi connectivity index (χ1) is 6.50. The highest BCUT2D eigenvalue weighted by Gasteiger charge is 2.26. The molecule has 0 aromatic carbocycles. The standard InChI is InChI=1S/C10H17NO3/c1-7(2)10(13)14-8-4-5-11(3)9(12)6-8/h7-8H,4-6H2,1-3H3. The highest BCUT2D eigenvalue weighted by molar-refractivity contribution is 5.78. The molecule has 1 unspecified atom stereocenters. The number of carbonyl (C=O) groups excluding carboxylic acids is 2. The van der Waals surface area contributed by atoms with Crippen molar-refractivity contribution in [2.75, 3.05) is 13.6 Å². The molecular weight excluding hydrogens is 182 g/mol. The SMILES string of the molecule is CC(C)C(=O)OC1CCN(C)C(=O)C1. The number of esters is 1. The van der Waals surface area contributed by atoms with Crippen LogP contribution in [0.25, 0.3) is 0 Å². The van der Waals surface area contributed by atoms with Gasteiger partial charge in [-0.1, -0.05) is 13.8 Å². The Kier molecular flexibility index (Phi) is 3.49. The molecule has 80 valence electrons. The fourth-order valence-corrected chi connectivity index (χ4v) is 1.32. The molecule has 1 aliphatic rings. The van der Waals surface area contributed by atoms with Crippen molar-refractivity contribution >= 4 is 11.9 Å². The van der Waals surface area contributed by atoms with E-state index in [0.29, 0.717) is 13.0 Å². The number of likely N-dealkylation sites (tertiary alicyclic amines) is 1. The zero-order valence-corrected chi connectivity index (χ0v) is 8.95. The highest BCUT2D eigenvalue weighted by atomic mass is 16.5. The Hall–Kier alpha value is -1.06. The summed E-state index contributed by atoms with van der Waals surface area (Å²) in [5.41, 5.74) is 0. The van der Waals surface area contributed by atoms with Crippen LogP contribution < -0.4 is 0 Å². The summed E-state index contributed by atoms with van der Waals surface area (Å²) in [6.07, 6.45) is 0.865. The van der Waals surface area contributed by atoms with Gasteiger partial charge in [0.25, 0.3) is 0 Å². The number of rotatable bonds is 2. The Morgan fingerprint density at radius 3 is 2.71 bits per heavy atom. The van der Waals surface area contributed by atoms with Crippen molar-refractivity contribution in [2.24, 2.45) is 5.92 Å². The maximum atomic E-state index is 11.3. The first kappa shape index (κ1) is 11.0. The minimum atomic E-state index is -0.215. The Labute approximate surface area is 84.2 Å². The minimum Gasteiger partial charge on any atom is -0.462 e. The first-order valence-corrected chi connectivity index (χ1v) is 4.95. The zero-order chi connectivity index (χ0) is 10.7. The van der Waals surface area contributed by atoms with Gasteiger partial charge >= 0.3 is 5.97 Å². The fraction of sp³-hybridized carbons (Fsp3) is 0.800. The van der Waals surface area contributed by atoms with Gasteiger partial charge in [0.15, 0.2) is 0 Å². The molecule has 1 saturated heterocycles. The normalized spacial score (nSPS) is 22.7. The average molecular weight is 199 g/mol. The zero-order valence-electron chi connectivity index (χ0n) is 8.95. The number of carbonyl (C=O) groups is 2. The van der Waals surface area contributed by atoms with Gasteiger partial charge in [-0.3, -0.25) is 9.59 Å². The first-order valence-electron chi connectivity index (χ1n) is 4.95. The minimum absolute atomic E-state index is 0.0535. The van der Waals surface area contributed by atoms with Gasteiger partial charge in [-0.25, -0.2) is 0 Å². The van der Waals surface area contributed by atoms with Gasteiger partial charge in [0.1, 0.15) is 6.10 Å². The molecule has 1 rings (SSSR count). The Morgan fingerprint density at radius 1 is 1.57 bits per heavy atom. The van der Waals surface area contributed by atoms with E-state index in [1.54, 1.807) is 25.8 Å². The van der Waals surface area contributed by atoms with Crippen LogP contribution in [0, 0.1) is 5.92 Å². The summed E-state index contributed by atoms with van der Waals surface area (Å²) in [7, 11) is 1.77. The lowest BCUT2D eigenvalue weighted by molar-refractivity contribution is -0.157. The van der Waals surface area contributed by atoms with E-state index in [1.165, 1.54) is 0 Å². The van der Waals surface area contributed by atoms with E-state index in [1.807, 2.05) is 0 Å². The Bertz CT molecular complexity index is 238. The van der Waals surface area contributed by atoms with Crippen molar-refractivity contribution in [2.45, 2.75) is 32.8 Å². The lowest BCUT2D eigenvalue weighted by atomic mass is 10.1. The lowest BCUT2D eigenvalue weighted by Crippen LogP contribution is -2.40. The molecule has 0 bridgehead atoms. The van der Waals surface area contributed by atoms with Crippen molar-refractivity contribution in [3.8, 4) is 0 Å². The van der Waals surface area contributed by atoms with Crippen molar-refractivity contribution in [1.29, 1.82) is 0 Å². The van der Waals surface area contributed by atoms with Gasteiger partial charge in [0.05, 0.1) is 12.3 Å². The summed E-state index contributed by atoms with van der Waals surface area (Å²) in [5, 5.41) is 0. The molecule has 0 radical (unpaired) electrons. The summed E-state index contributed by atoms with van der Waals surface area (Å²) in [6, 6.07) is 0. The van der Waals surface area contributed by atoms with Crippen molar-refractivity contribution < 1.29 is 14.3 Å². The van der Waals surface area contributed by atoms with Gasteiger partial charge in [-0.05, 0) is 0 Å². The second-order valence-electron chi connectivity index (χ2n) is 4.02. The monoisotopic (exact) mass is 199 g/mol. The van der Waals surface area contributed by atoms with E-state index in [9.17, 15) is 9.59 Å². The van der Waals surface area contributed by atoms with Gasteiger partial charge in [-0.15, -0.1) is 0 Å². The van der Waals surface area contributed by atoms with Crippen LogP contribution in [-0.2, 0) is 14.3 Å². The summed E-state index contributed by atoms with van der Waals surface area (Å²) in [4.78, 5) is 24.2. The molecule has 14 heavy (non-hydrogen) atoms. The van der Waals surface area contributed by atoms with Crippen LogP contribution in [0.5, 0.6) is 0 Å². The van der Waals surface area contributed by atoms with Crippen LogP contribution in [0.15, 0.2) is 0 Å². The van der Waals surface area contributed by atoms with Crippen LogP contribution in [-0.4, -0.2) is 36.5 Å². The molecular formula is C10H17NO3. The van der Waals surface area contributed by atoms with Gasteiger partial charge in [-0.2, -0.15) is 0 Å². The van der Waals surface area contributed by atoms with Crippen LogP contribution in [0.1, 0.15) is 26.7 Å². The molecule has 0 aromatic rings. The Balaban J connectivity index is 2.40. The third kappa shape index (κ3) is 2.72. The molecule has 0 aromatic heterocycles. The number of ether oxygens (including phenoxy) is 1. The molecule has 0 spiro atoms. The molecule has 0 N–H and O–H groups in total. The van der Waals surface area contributed by atoms with E-state index in [2.05, 4.69) is 0 Å². The Morgan fingerprint density at radius 2 is 2.21 bits per heavy atom. The molecule has 1 fully saturated rings. The van der Waals surface area contributed by atoms with Crippen molar-refractivity contribution in [3.63, 3.8) is 0 Å². The predicted octanol–water partition coefficient (Wildman–Crippen LogP) is 0.806. The van der Waals surface area contributed by atoms with Crippen molar-refractivity contribution in [3.05, 3.63) is 0 Å². The maximum Gasteiger partial charge on any atom is 0.308 e. The summed E-state index contributed by atoms with van der Waals surface area (Å²) in [5.74, 6) is -0.282. The molecule has 1 amide bonds. The number of amides is 1. The smallest absolute Gasteiger partial charge is 0.308 e. The molecule has 0 aliphatic carbocycles. The van der Waals surface area contributed by atoms with Crippen LogP contribution in [0.3, 0.4) is 0 Å². The molecule has 0 saturated carbocycles. The van der Waals surface area contributed by atoms with E-state index >= 15 is 0 Å². The van der Waals surface area contributed by atoms with Gasteiger partial charge in [0.2, 0.25) is 5.91 Å². The summed E-state index contributed by atoms with van der Waals surface area (Å²) < 4.78 is 5.19. The highest BCUT2D eigenvalue weighted by Crippen LogP contribution is 2.15. The number of piperidine rings is 1. The maximum absolute atomic E-state index is 11.3. The lowest BCUT2D eigenvalue weighted by Gasteiger charge is -2.28. The second kappa shape index (κ2) is 4.44. The molecule has 4 nitrogen and oxygen atoms in total. The quantitative estimate of drug-likeness (QED) is 0.618. The van der Waals surface area contributed by atoms with E-state index in [-0.39, 0.29) is 23.9 Å². The fourth-order valence-electron chi connectivity index (χ4n) is 1.32. The third-order valence-corrected chi connectivity index (χ3v) is 2.37. The molecule has 1 atom stereocenters. The number of nitrogens with zero attached hydrogens (tertiary/aromatic N) is 1. The van der Waals surface area contributed by atoms with Crippen LogP contribution in [0.4, 0.5) is 0 Å². The van der Waals surface area contributed by atoms with E-state index in [0.717, 1.165) is 6.42 Å². The second-order valence-corrected chi connectivity index (χ2v) is 4.02. The molecule has 4 heteroatoms. The van der Waals surface area contributed by atoms with E-state index in [4.69, 9.17) is 4.74 Å². The van der Waals surface area contributed by atoms with Crippen molar-refractivity contribution in [1.82, 2.24) is 4.90 Å². The van der Waals surface area contributed by atoms with Gasteiger partial charge in [0, 0.05) is 20.0 Å². The van der Waals surface area contributed by atoms with Crippen LogP contribution >= 0.6 is 0 Å². The van der Waals surface area contributed by atoms with Crippen LogP contribution in [0.2, 0.25) is 0 Å². The third-order valence-electron chi connectivity index (χ3n) is 2.37. The summed E-state index contributed by atoms with van der Waals surface area (Å²) in [6.45, 7) is 4.26. The average Bonchev–Trinajstić information content (AvgIpc) is 2.11. The van der Waals surface area contributed by atoms with E-state index < -0.39 is 0 Å². The molecule has 1 aliphatic heterocycles. The summed E-state index contributed by atoms with van der Waals surface area (Å²) >= 11 is 0. The predicted molar refractivity (Wildman–Crippen MR) is 51.6 cm³/mol. The topological polar surface area (TPSA) is 46.6 Å². The number of hydrogen-bond acceptors (Lipinski definition) is 3. The largest absolute Gasteiger partial charge is 0.462 e.